The number of nitrogens with two attached hydrogens (primary N) is 1. The predicted octanol–water partition coefficient (Wildman–Crippen LogP) is 0.504. The van der Waals surface area contributed by atoms with E-state index in [4.69, 9.17) is 5.73 Å². The maximum absolute atomic E-state index is 11.8. The minimum Gasteiger partial charge on any atom is -0.356 e. The van der Waals surface area contributed by atoms with E-state index in [1.54, 1.807) is 0 Å². The quantitative estimate of drug-likeness (QED) is 0.575. The van der Waals surface area contributed by atoms with Crippen molar-refractivity contribution < 1.29 is 4.79 Å². The van der Waals surface area contributed by atoms with Crippen molar-refractivity contribution in [3.63, 3.8) is 0 Å². The van der Waals surface area contributed by atoms with Gasteiger partial charge in [0.15, 0.2) is 0 Å². The van der Waals surface area contributed by atoms with E-state index >= 15 is 0 Å². The highest BCUT2D eigenvalue weighted by molar-refractivity contribution is 5.76. The fourth-order valence-electron chi connectivity index (χ4n) is 2.10. The van der Waals surface area contributed by atoms with Gasteiger partial charge in [0.2, 0.25) is 5.91 Å². The molecule has 5 heteroatoms. The number of carbonyl (C=O) groups is 1. The van der Waals surface area contributed by atoms with Crippen LogP contribution in [0.1, 0.15) is 33.1 Å². The molecule has 0 aromatic rings. The van der Waals surface area contributed by atoms with Crippen LogP contribution in [0, 0.1) is 0 Å². The molecule has 0 aromatic heterocycles. The van der Waals surface area contributed by atoms with Gasteiger partial charge in [0.1, 0.15) is 0 Å². The molecule has 0 fully saturated rings. The van der Waals surface area contributed by atoms with Crippen molar-refractivity contribution in [3.8, 4) is 0 Å². The van der Waals surface area contributed by atoms with E-state index in [9.17, 15) is 4.79 Å². The summed E-state index contributed by atoms with van der Waals surface area (Å²) in [6.07, 6.45) is 2.58. The van der Waals surface area contributed by atoms with Crippen LogP contribution in [-0.2, 0) is 4.79 Å². The molecule has 3 N–H and O–H groups in total. The number of carbonyl (C=O) groups excluding carboxylic acids is 1. The molecule has 1 atom stereocenters. The minimum atomic E-state index is 0.114. The number of nitrogens with zero attached hydrogens (tertiary/aromatic N) is 2. The second kappa shape index (κ2) is 11.2. The lowest BCUT2D eigenvalue weighted by Gasteiger charge is -2.29. The molecule has 19 heavy (non-hydrogen) atoms. The molecular weight excluding hydrogens is 240 g/mol. The van der Waals surface area contributed by atoms with Crippen LogP contribution in [0.15, 0.2) is 0 Å². The van der Waals surface area contributed by atoms with Crippen LogP contribution in [0.25, 0.3) is 0 Å². The fraction of sp³-hybridized carbons (Fsp3) is 0.929. The Bertz CT molecular complexity index is 233. The maximum Gasteiger partial charge on any atom is 0.221 e. The van der Waals surface area contributed by atoms with Crippen molar-refractivity contribution in [2.75, 3.05) is 46.8 Å². The van der Waals surface area contributed by atoms with E-state index in [1.807, 2.05) is 0 Å². The van der Waals surface area contributed by atoms with Crippen LogP contribution >= 0.6 is 0 Å². The van der Waals surface area contributed by atoms with Gasteiger partial charge < -0.3 is 16.0 Å². The fourth-order valence-corrected chi connectivity index (χ4v) is 2.10. The Balaban J connectivity index is 4.16. The summed E-state index contributed by atoms with van der Waals surface area (Å²) in [7, 11) is 4.16. The van der Waals surface area contributed by atoms with Crippen LogP contribution in [-0.4, -0.2) is 68.6 Å². The SMILES string of the molecule is CCCNC(=O)CC(CN)N(CC)CCCN(C)C. The Morgan fingerprint density at radius 3 is 2.42 bits per heavy atom. The van der Waals surface area contributed by atoms with Gasteiger partial charge in [-0.05, 0) is 46.6 Å². The minimum absolute atomic E-state index is 0.114. The van der Waals surface area contributed by atoms with Crippen molar-refractivity contribution in [2.45, 2.75) is 39.2 Å². The van der Waals surface area contributed by atoms with Crippen LogP contribution < -0.4 is 11.1 Å². The van der Waals surface area contributed by atoms with Gasteiger partial charge in [0.25, 0.3) is 0 Å². The zero-order valence-electron chi connectivity index (χ0n) is 13.1. The summed E-state index contributed by atoms with van der Waals surface area (Å²) < 4.78 is 0. The van der Waals surface area contributed by atoms with E-state index in [1.165, 1.54) is 0 Å². The number of hydrogen-bond acceptors (Lipinski definition) is 4. The number of rotatable bonds is 11. The Kier molecular flexibility index (Phi) is 10.8. The molecule has 114 valence electrons. The highest BCUT2D eigenvalue weighted by Crippen LogP contribution is 2.05. The largest absolute Gasteiger partial charge is 0.356 e. The second-order valence-corrected chi connectivity index (χ2v) is 5.23. The number of amides is 1. The highest BCUT2D eigenvalue weighted by atomic mass is 16.1. The smallest absolute Gasteiger partial charge is 0.221 e. The molecule has 1 unspecified atom stereocenters. The topological polar surface area (TPSA) is 61.6 Å². The zero-order chi connectivity index (χ0) is 14.7. The van der Waals surface area contributed by atoms with E-state index in [0.29, 0.717) is 13.0 Å². The average Bonchev–Trinajstić information content (AvgIpc) is 2.38. The maximum atomic E-state index is 11.8. The monoisotopic (exact) mass is 272 g/mol. The molecule has 0 aromatic carbocycles. The number of hydrogen-bond donors (Lipinski definition) is 2. The molecule has 0 aliphatic heterocycles. The Morgan fingerprint density at radius 2 is 1.95 bits per heavy atom. The van der Waals surface area contributed by atoms with E-state index in [0.717, 1.165) is 39.0 Å². The van der Waals surface area contributed by atoms with Gasteiger partial charge in [-0.2, -0.15) is 0 Å². The van der Waals surface area contributed by atoms with Gasteiger partial charge in [-0.25, -0.2) is 0 Å². The Morgan fingerprint density at radius 1 is 1.26 bits per heavy atom. The van der Waals surface area contributed by atoms with Crippen LogP contribution in [0.2, 0.25) is 0 Å². The van der Waals surface area contributed by atoms with Gasteiger partial charge in [-0.1, -0.05) is 13.8 Å². The molecule has 0 saturated carbocycles. The van der Waals surface area contributed by atoms with Gasteiger partial charge in [-0.15, -0.1) is 0 Å². The molecule has 0 aliphatic carbocycles. The first-order valence-electron chi connectivity index (χ1n) is 7.40. The molecule has 5 nitrogen and oxygen atoms in total. The summed E-state index contributed by atoms with van der Waals surface area (Å²) in [6.45, 7) is 8.48. The van der Waals surface area contributed by atoms with Crippen LogP contribution in [0.4, 0.5) is 0 Å². The van der Waals surface area contributed by atoms with Crippen molar-refractivity contribution >= 4 is 5.91 Å². The lowest BCUT2D eigenvalue weighted by molar-refractivity contribution is -0.122. The van der Waals surface area contributed by atoms with E-state index in [-0.39, 0.29) is 11.9 Å². The first-order valence-corrected chi connectivity index (χ1v) is 7.40. The third kappa shape index (κ3) is 8.97. The first-order chi connectivity index (χ1) is 9.04. The number of likely N-dealkylation sites (N-methyl/N-ethyl adjacent to an activating group) is 1. The number of nitrogens with one attached hydrogen (secondary N) is 1. The van der Waals surface area contributed by atoms with E-state index < -0.39 is 0 Å². The van der Waals surface area contributed by atoms with Crippen LogP contribution in [0.5, 0.6) is 0 Å². The summed E-state index contributed by atoms with van der Waals surface area (Å²) >= 11 is 0. The van der Waals surface area contributed by atoms with Crippen LogP contribution in [0.3, 0.4) is 0 Å². The average molecular weight is 272 g/mol. The first kappa shape index (κ1) is 18.4. The Labute approximate surface area is 118 Å². The normalized spacial score (nSPS) is 13.0. The lowest BCUT2D eigenvalue weighted by atomic mass is 10.1. The molecule has 0 aliphatic rings. The van der Waals surface area contributed by atoms with Gasteiger partial charge >= 0.3 is 0 Å². The third-order valence-electron chi connectivity index (χ3n) is 3.24. The molecule has 0 heterocycles. The van der Waals surface area contributed by atoms with Crippen molar-refractivity contribution in [3.05, 3.63) is 0 Å². The molecule has 0 spiro atoms. The van der Waals surface area contributed by atoms with Crippen molar-refractivity contribution in [1.29, 1.82) is 0 Å². The third-order valence-corrected chi connectivity index (χ3v) is 3.24. The van der Waals surface area contributed by atoms with Crippen molar-refractivity contribution in [2.24, 2.45) is 5.73 Å². The summed E-state index contributed by atoms with van der Waals surface area (Å²) in [6, 6.07) is 0.156. The van der Waals surface area contributed by atoms with Gasteiger partial charge in [0, 0.05) is 25.6 Å². The van der Waals surface area contributed by atoms with Gasteiger partial charge in [-0.3, -0.25) is 9.69 Å². The highest BCUT2D eigenvalue weighted by Gasteiger charge is 2.18. The van der Waals surface area contributed by atoms with Gasteiger partial charge in [0.05, 0.1) is 0 Å². The van der Waals surface area contributed by atoms with Crippen molar-refractivity contribution in [1.82, 2.24) is 15.1 Å². The summed E-state index contributed by atoms with van der Waals surface area (Å²) in [4.78, 5) is 16.3. The molecular formula is C14H32N4O. The molecule has 0 bridgehead atoms. The second-order valence-electron chi connectivity index (χ2n) is 5.23. The zero-order valence-corrected chi connectivity index (χ0v) is 13.1. The van der Waals surface area contributed by atoms with E-state index in [2.05, 4.69) is 43.1 Å². The predicted molar refractivity (Wildman–Crippen MR) is 81.2 cm³/mol. The standard InChI is InChI=1S/C14H32N4O/c1-5-8-16-14(19)11-13(12-15)18(6-2)10-7-9-17(3)4/h13H,5-12,15H2,1-4H3,(H,16,19). The molecule has 0 radical (unpaired) electrons. The summed E-state index contributed by atoms with van der Waals surface area (Å²) in [5.41, 5.74) is 5.83. The lowest BCUT2D eigenvalue weighted by Crippen LogP contribution is -2.44. The summed E-state index contributed by atoms with van der Waals surface area (Å²) in [5, 5.41) is 2.92. The molecule has 0 rings (SSSR count). The molecule has 0 saturated heterocycles. The Hall–Kier alpha value is -0.650. The summed E-state index contributed by atoms with van der Waals surface area (Å²) in [5.74, 6) is 0.114. The molecule has 1 amide bonds.